The molecule has 5 nitrogen and oxygen atoms in total. The lowest BCUT2D eigenvalue weighted by molar-refractivity contribution is -0.118. The van der Waals surface area contributed by atoms with Crippen molar-refractivity contribution in [1.82, 2.24) is 0 Å². The van der Waals surface area contributed by atoms with Gasteiger partial charge in [-0.1, -0.05) is 32.4 Å². The molecule has 21 heavy (non-hydrogen) atoms. The van der Waals surface area contributed by atoms with Crippen molar-refractivity contribution < 1.29 is 13.2 Å². The quantitative estimate of drug-likeness (QED) is 0.839. The van der Waals surface area contributed by atoms with Crippen LogP contribution in [-0.4, -0.2) is 26.6 Å². The van der Waals surface area contributed by atoms with Gasteiger partial charge in [0.1, 0.15) is 0 Å². The highest BCUT2D eigenvalue weighted by Crippen LogP contribution is 2.21. The Hall–Kier alpha value is -1.40. The van der Waals surface area contributed by atoms with E-state index < -0.39 is 15.9 Å². The van der Waals surface area contributed by atoms with E-state index in [0.717, 1.165) is 12.0 Å². The highest BCUT2D eigenvalue weighted by molar-refractivity contribution is 7.89. The SMILES string of the molecule is CCC(C)C(N)C(=O)Nc1cccc(CS(C)(=O)=O)c1C. The van der Waals surface area contributed by atoms with E-state index in [0.29, 0.717) is 11.3 Å². The Morgan fingerprint density at radius 3 is 2.52 bits per heavy atom. The summed E-state index contributed by atoms with van der Waals surface area (Å²) in [6.07, 6.45) is 2.01. The van der Waals surface area contributed by atoms with Crippen LogP contribution in [0.5, 0.6) is 0 Å². The first kappa shape index (κ1) is 17.7. The number of hydrogen-bond donors (Lipinski definition) is 2. The molecule has 0 bridgehead atoms. The van der Waals surface area contributed by atoms with Crippen LogP contribution in [0.15, 0.2) is 18.2 Å². The lowest BCUT2D eigenvalue weighted by Crippen LogP contribution is -2.40. The third kappa shape index (κ3) is 5.13. The van der Waals surface area contributed by atoms with E-state index in [2.05, 4.69) is 5.32 Å². The van der Waals surface area contributed by atoms with E-state index in [1.807, 2.05) is 13.8 Å². The molecule has 0 heterocycles. The summed E-state index contributed by atoms with van der Waals surface area (Å²) in [5.41, 5.74) is 7.96. The van der Waals surface area contributed by atoms with Gasteiger partial charge in [-0.3, -0.25) is 4.79 Å². The molecule has 1 rings (SSSR count). The van der Waals surface area contributed by atoms with Crippen LogP contribution in [0.3, 0.4) is 0 Å². The van der Waals surface area contributed by atoms with Crippen LogP contribution < -0.4 is 11.1 Å². The molecule has 0 fully saturated rings. The second-order valence-electron chi connectivity index (χ2n) is 5.56. The molecule has 0 radical (unpaired) electrons. The molecule has 3 N–H and O–H groups in total. The maximum atomic E-state index is 12.1. The van der Waals surface area contributed by atoms with Crippen molar-refractivity contribution in [3.05, 3.63) is 29.3 Å². The van der Waals surface area contributed by atoms with Crippen molar-refractivity contribution in [3.63, 3.8) is 0 Å². The summed E-state index contributed by atoms with van der Waals surface area (Å²) >= 11 is 0. The van der Waals surface area contributed by atoms with Gasteiger partial charge >= 0.3 is 0 Å². The number of carbonyl (C=O) groups excluding carboxylic acids is 1. The molecule has 0 spiro atoms. The van der Waals surface area contributed by atoms with Gasteiger partial charge in [0.25, 0.3) is 0 Å². The van der Waals surface area contributed by atoms with E-state index in [9.17, 15) is 13.2 Å². The standard InChI is InChI=1S/C15H24N2O3S/c1-5-10(2)14(16)15(18)17-13-8-6-7-12(11(13)3)9-21(4,19)20/h6-8,10,14H,5,9,16H2,1-4H3,(H,17,18). The van der Waals surface area contributed by atoms with E-state index in [1.54, 1.807) is 25.1 Å². The molecule has 0 saturated heterocycles. The molecule has 2 unspecified atom stereocenters. The first-order chi connectivity index (χ1) is 9.65. The highest BCUT2D eigenvalue weighted by atomic mass is 32.2. The van der Waals surface area contributed by atoms with Crippen LogP contribution in [-0.2, 0) is 20.4 Å². The summed E-state index contributed by atoms with van der Waals surface area (Å²) in [5, 5.41) is 2.79. The minimum Gasteiger partial charge on any atom is -0.324 e. The second-order valence-corrected chi connectivity index (χ2v) is 7.70. The normalized spacial score (nSPS) is 14.5. The molecule has 1 aromatic carbocycles. The Kier molecular flexibility index (Phi) is 5.92. The number of nitrogens with two attached hydrogens (primary N) is 1. The number of amides is 1. The number of carbonyl (C=O) groups is 1. The fourth-order valence-corrected chi connectivity index (χ4v) is 2.86. The van der Waals surface area contributed by atoms with E-state index >= 15 is 0 Å². The second kappa shape index (κ2) is 7.04. The molecule has 118 valence electrons. The Morgan fingerprint density at radius 1 is 1.38 bits per heavy atom. The summed E-state index contributed by atoms with van der Waals surface area (Å²) < 4.78 is 22.8. The lowest BCUT2D eigenvalue weighted by Gasteiger charge is -2.19. The van der Waals surface area contributed by atoms with Crippen molar-refractivity contribution in [1.29, 1.82) is 0 Å². The predicted molar refractivity (Wildman–Crippen MR) is 85.8 cm³/mol. The monoisotopic (exact) mass is 312 g/mol. The van der Waals surface area contributed by atoms with Gasteiger partial charge in [0.15, 0.2) is 9.84 Å². The van der Waals surface area contributed by atoms with Gasteiger partial charge < -0.3 is 11.1 Å². The zero-order chi connectivity index (χ0) is 16.2. The minimum atomic E-state index is -3.12. The maximum absolute atomic E-state index is 12.1. The van der Waals surface area contributed by atoms with Crippen LogP contribution in [0.1, 0.15) is 31.4 Å². The number of anilines is 1. The number of sulfone groups is 1. The van der Waals surface area contributed by atoms with Gasteiger partial charge in [0, 0.05) is 11.9 Å². The van der Waals surface area contributed by atoms with Crippen molar-refractivity contribution in [2.24, 2.45) is 11.7 Å². The van der Waals surface area contributed by atoms with Gasteiger partial charge in [-0.15, -0.1) is 0 Å². The van der Waals surface area contributed by atoms with Crippen LogP contribution in [0.25, 0.3) is 0 Å². The third-order valence-electron chi connectivity index (χ3n) is 3.68. The molecule has 0 aliphatic rings. The number of rotatable bonds is 6. The van der Waals surface area contributed by atoms with Crippen molar-refractivity contribution in [2.75, 3.05) is 11.6 Å². The summed E-state index contributed by atoms with van der Waals surface area (Å²) in [4.78, 5) is 12.1. The van der Waals surface area contributed by atoms with Crippen molar-refractivity contribution in [3.8, 4) is 0 Å². The number of nitrogens with one attached hydrogen (secondary N) is 1. The Morgan fingerprint density at radius 2 is 2.00 bits per heavy atom. The molecule has 2 atom stereocenters. The lowest BCUT2D eigenvalue weighted by atomic mass is 9.99. The topological polar surface area (TPSA) is 89.3 Å². The molecular weight excluding hydrogens is 288 g/mol. The Labute approximate surface area is 126 Å². The van der Waals surface area contributed by atoms with Gasteiger partial charge in [-0.05, 0) is 30.0 Å². The molecular formula is C15H24N2O3S. The van der Waals surface area contributed by atoms with Gasteiger partial charge in [0.2, 0.25) is 5.91 Å². The van der Waals surface area contributed by atoms with Crippen LogP contribution >= 0.6 is 0 Å². The summed E-state index contributed by atoms with van der Waals surface area (Å²) in [7, 11) is -3.12. The highest BCUT2D eigenvalue weighted by Gasteiger charge is 2.20. The molecule has 6 heteroatoms. The van der Waals surface area contributed by atoms with Gasteiger partial charge in [-0.2, -0.15) is 0 Å². The van der Waals surface area contributed by atoms with Crippen LogP contribution in [0, 0.1) is 12.8 Å². The van der Waals surface area contributed by atoms with Gasteiger partial charge in [0.05, 0.1) is 11.8 Å². The minimum absolute atomic E-state index is 0.0417. The third-order valence-corrected chi connectivity index (χ3v) is 4.52. The first-order valence-corrected chi connectivity index (χ1v) is 9.04. The van der Waals surface area contributed by atoms with Crippen LogP contribution in [0.2, 0.25) is 0 Å². The molecule has 0 aliphatic heterocycles. The summed E-state index contributed by atoms with van der Waals surface area (Å²) in [6.45, 7) is 5.71. The fourth-order valence-electron chi connectivity index (χ4n) is 1.99. The molecule has 0 saturated carbocycles. The average molecular weight is 312 g/mol. The largest absolute Gasteiger partial charge is 0.324 e. The smallest absolute Gasteiger partial charge is 0.241 e. The maximum Gasteiger partial charge on any atom is 0.241 e. The molecule has 1 amide bonds. The van der Waals surface area contributed by atoms with Gasteiger partial charge in [-0.25, -0.2) is 8.42 Å². The Bertz CT molecular complexity index is 611. The summed E-state index contributed by atoms with van der Waals surface area (Å²) in [6, 6.07) is 4.66. The number of hydrogen-bond acceptors (Lipinski definition) is 4. The van der Waals surface area contributed by atoms with E-state index in [-0.39, 0.29) is 17.6 Å². The number of benzene rings is 1. The predicted octanol–water partition coefficient (Wildman–Crippen LogP) is 1.85. The molecule has 1 aromatic rings. The fraction of sp³-hybridized carbons (Fsp3) is 0.533. The van der Waals surface area contributed by atoms with E-state index in [4.69, 9.17) is 5.73 Å². The Balaban J connectivity index is 2.95. The zero-order valence-corrected chi connectivity index (χ0v) is 13.8. The zero-order valence-electron chi connectivity index (χ0n) is 13.0. The average Bonchev–Trinajstić information content (AvgIpc) is 2.40. The molecule has 0 aliphatic carbocycles. The van der Waals surface area contributed by atoms with Crippen molar-refractivity contribution >= 4 is 21.4 Å². The first-order valence-electron chi connectivity index (χ1n) is 6.98. The molecule has 0 aromatic heterocycles. The van der Waals surface area contributed by atoms with Crippen LogP contribution in [0.4, 0.5) is 5.69 Å². The summed E-state index contributed by atoms with van der Waals surface area (Å²) in [5.74, 6) is -0.201. The van der Waals surface area contributed by atoms with E-state index in [1.165, 1.54) is 6.26 Å². The van der Waals surface area contributed by atoms with Crippen molar-refractivity contribution in [2.45, 2.75) is 39.0 Å².